The molecule has 13 nitrogen and oxygen atoms in total. The number of carbonyl (C=O) groups is 3. The van der Waals surface area contributed by atoms with Crippen LogP contribution in [0.4, 0.5) is 5.82 Å². The predicted molar refractivity (Wildman–Crippen MR) is 147 cm³/mol. The fourth-order valence-electron chi connectivity index (χ4n) is 3.20. The molecule has 6 N–H and O–H groups in total. The Labute approximate surface area is 228 Å². The molecule has 14 heteroatoms. The molecule has 0 saturated carbocycles. The van der Waals surface area contributed by atoms with E-state index in [1.165, 1.54) is 30.6 Å². The lowest BCUT2D eigenvalue weighted by Crippen LogP contribution is -2.45. The van der Waals surface area contributed by atoms with Crippen molar-refractivity contribution in [2.75, 3.05) is 25.1 Å². The van der Waals surface area contributed by atoms with Gasteiger partial charge >= 0.3 is 0 Å². The Kier molecular flexibility index (Phi) is 13.0. The maximum absolute atomic E-state index is 12.3. The summed E-state index contributed by atoms with van der Waals surface area (Å²) >= 11 is 0. The van der Waals surface area contributed by atoms with Crippen LogP contribution in [0.5, 0.6) is 0 Å². The highest BCUT2D eigenvalue weighted by Crippen LogP contribution is 2.13. The molecule has 0 saturated heterocycles. The van der Waals surface area contributed by atoms with Crippen LogP contribution in [0.2, 0.25) is 0 Å². The second-order valence-electron chi connectivity index (χ2n) is 9.00. The molecule has 0 fully saturated rings. The van der Waals surface area contributed by atoms with Gasteiger partial charge < -0.3 is 10.6 Å². The predicted octanol–water partition coefficient (Wildman–Crippen LogP) is 1.46. The molecule has 0 radical (unpaired) electrons. The summed E-state index contributed by atoms with van der Waals surface area (Å²) in [6, 6.07) is 8.93. The third kappa shape index (κ3) is 12.5. The summed E-state index contributed by atoms with van der Waals surface area (Å²) < 4.78 is 32.1. The Morgan fingerprint density at radius 1 is 1.03 bits per heavy atom. The molecule has 0 aliphatic rings. The van der Waals surface area contributed by atoms with Crippen molar-refractivity contribution in [3.63, 3.8) is 0 Å². The van der Waals surface area contributed by atoms with Gasteiger partial charge in [0.25, 0.3) is 21.9 Å². The van der Waals surface area contributed by atoms with Gasteiger partial charge in [-0.2, -0.15) is 13.5 Å². The first-order chi connectivity index (χ1) is 18.6. The van der Waals surface area contributed by atoms with Gasteiger partial charge in [0.15, 0.2) is 0 Å². The van der Waals surface area contributed by atoms with Gasteiger partial charge in [0, 0.05) is 24.7 Å². The maximum Gasteiger partial charge on any atom is 0.295 e. The van der Waals surface area contributed by atoms with E-state index >= 15 is 0 Å². The number of carbonyl (C=O) groups excluding carboxylic acids is 3. The average Bonchev–Trinajstić information content (AvgIpc) is 2.89. The first-order valence-electron chi connectivity index (χ1n) is 12.4. The molecule has 2 rings (SSSR count). The Morgan fingerprint density at radius 3 is 2.46 bits per heavy atom. The molecule has 0 aliphatic carbocycles. The molecule has 39 heavy (non-hydrogen) atoms. The fraction of sp³-hybridized carbons (Fsp3) is 0.400. The summed E-state index contributed by atoms with van der Waals surface area (Å²) in [5.41, 5.74) is 7.92. The number of hydrazine groups is 1. The summed E-state index contributed by atoms with van der Waals surface area (Å²) in [6.07, 6.45) is 4.87. The van der Waals surface area contributed by atoms with E-state index in [2.05, 4.69) is 37.0 Å². The number of hydrazone groups is 1. The molecule has 0 atom stereocenters. The number of nitrogens with one attached hydrogen (secondary N) is 5. The molecular formula is C25H35N7O6S. The number of unbranched alkanes of at least 4 members (excludes halogenated alkanes) is 2. The van der Waals surface area contributed by atoms with Crippen LogP contribution in [0, 0.1) is 5.92 Å². The van der Waals surface area contributed by atoms with Crippen LogP contribution in [0.1, 0.15) is 55.5 Å². The molecule has 2 aromatic rings. The number of benzene rings is 1. The maximum atomic E-state index is 12.3. The van der Waals surface area contributed by atoms with Crippen LogP contribution in [-0.4, -0.2) is 61.5 Å². The number of pyridine rings is 1. The van der Waals surface area contributed by atoms with Gasteiger partial charge in [-0.3, -0.25) is 35.2 Å². The number of hydrogen-bond donors (Lipinski definition) is 6. The number of aromatic nitrogens is 1. The Hall–Kier alpha value is -3.88. The van der Waals surface area contributed by atoms with Crippen molar-refractivity contribution in [2.24, 2.45) is 11.0 Å². The van der Waals surface area contributed by atoms with Gasteiger partial charge in [-0.15, -0.1) is 0 Å². The first-order valence-corrected chi connectivity index (χ1v) is 13.9. The van der Waals surface area contributed by atoms with E-state index in [1.54, 1.807) is 18.2 Å². The van der Waals surface area contributed by atoms with Crippen LogP contribution in [0.15, 0.2) is 52.6 Å². The van der Waals surface area contributed by atoms with Crippen molar-refractivity contribution in [1.29, 1.82) is 0 Å². The van der Waals surface area contributed by atoms with Crippen molar-refractivity contribution in [2.45, 2.75) is 44.4 Å². The number of rotatable bonds is 15. The highest BCUT2D eigenvalue weighted by Gasteiger charge is 2.13. The van der Waals surface area contributed by atoms with Crippen LogP contribution in [-0.2, 0) is 19.7 Å². The van der Waals surface area contributed by atoms with Crippen LogP contribution >= 0.6 is 0 Å². The minimum Gasteiger partial charge on any atom is -0.352 e. The normalized spacial score (nSPS) is 11.4. The number of nitrogens with zero attached hydrogens (tertiary/aromatic N) is 2. The summed E-state index contributed by atoms with van der Waals surface area (Å²) in [7, 11) is -4.38. The summed E-state index contributed by atoms with van der Waals surface area (Å²) in [6.45, 7) is 5.34. The highest BCUT2D eigenvalue weighted by molar-refractivity contribution is 7.86. The van der Waals surface area contributed by atoms with Gasteiger partial charge in [0.1, 0.15) is 10.7 Å². The number of hydrogen-bond acceptors (Lipinski definition) is 9. The topological polar surface area (TPSA) is 191 Å². The monoisotopic (exact) mass is 561 g/mol. The average molecular weight is 562 g/mol. The van der Waals surface area contributed by atoms with Crippen molar-refractivity contribution in [3.05, 3.63) is 53.7 Å². The fourth-order valence-corrected chi connectivity index (χ4v) is 3.87. The molecule has 0 unspecified atom stereocenters. The first kappa shape index (κ1) is 31.3. The molecule has 0 spiro atoms. The van der Waals surface area contributed by atoms with E-state index in [0.29, 0.717) is 43.2 Å². The molecule has 0 aliphatic heterocycles. The van der Waals surface area contributed by atoms with Crippen LogP contribution in [0.3, 0.4) is 0 Å². The Balaban J connectivity index is 1.63. The third-order valence-electron chi connectivity index (χ3n) is 5.15. The van der Waals surface area contributed by atoms with Gasteiger partial charge in [-0.1, -0.05) is 38.5 Å². The zero-order chi connectivity index (χ0) is 28.7. The van der Waals surface area contributed by atoms with Gasteiger partial charge in [0.05, 0.1) is 18.3 Å². The lowest BCUT2D eigenvalue weighted by atomic mass is 10.2. The van der Waals surface area contributed by atoms with E-state index < -0.39 is 10.1 Å². The van der Waals surface area contributed by atoms with Crippen molar-refractivity contribution in [1.82, 2.24) is 26.5 Å². The standard InChI is InChI=1S/C25H35N7O6S/c1-18(2)14-26-17-24(34)32-31-23(33)10-4-3-7-13-27-25(35)20-11-12-22(28-15-20)30-29-16-19-8-5-6-9-21(19)39(36,37)38/h5-6,8-9,11-12,15-16,18,26H,3-4,7,10,13-14,17H2,1-2H3,(H,27,35)(H,28,30)(H,31,33)(H,32,34)(H,36,37,38)/b29-16+. The molecule has 1 aromatic carbocycles. The van der Waals surface area contributed by atoms with Gasteiger partial charge in [0.2, 0.25) is 5.91 Å². The largest absolute Gasteiger partial charge is 0.352 e. The van der Waals surface area contributed by atoms with E-state index in [1.807, 2.05) is 13.8 Å². The summed E-state index contributed by atoms with van der Waals surface area (Å²) in [5.74, 6) is -0.125. The minimum absolute atomic E-state index is 0.134. The molecule has 212 valence electrons. The Morgan fingerprint density at radius 2 is 1.77 bits per heavy atom. The molecular weight excluding hydrogens is 526 g/mol. The SMILES string of the molecule is CC(C)CNCC(=O)NNC(=O)CCCCCNC(=O)c1ccc(N/N=C/c2ccccc2S(=O)(=O)O)nc1. The second-order valence-corrected chi connectivity index (χ2v) is 10.4. The van der Waals surface area contributed by atoms with Gasteiger partial charge in [-0.05, 0) is 43.5 Å². The van der Waals surface area contributed by atoms with Crippen molar-refractivity contribution >= 4 is 39.9 Å². The quantitative estimate of drug-likeness (QED) is 0.0808. The zero-order valence-corrected chi connectivity index (χ0v) is 22.8. The van der Waals surface area contributed by atoms with Crippen LogP contribution in [0.25, 0.3) is 0 Å². The van der Waals surface area contributed by atoms with Crippen molar-refractivity contribution in [3.8, 4) is 0 Å². The highest BCUT2D eigenvalue weighted by atomic mass is 32.2. The summed E-state index contributed by atoms with van der Waals surface area (Å²) in [5, 5.41) is 9.69. The Bertz CT molecular complexity index is 1230. The van der Waals surface area contributed by atoms with E-state index in [0.717, 1.165) is 6.42 Å². The smallest absolute Gasteiger partial charge is 0.295 e. The second kappa shape index (κ2) is 16.2. The zero-order valence-electron chi connectivity index (χ0n) is 21.9. The number of anilines is 1. The van der Waals surface area contributed by atoms with E-state index in [9.17, 15) is 27.4 Å². The summed E-state index contributed by atoms with van der Waals surface area (Å²) in [4.78, 5) is 39.5. The molecule has 0 bridgehead atoms. The number of amides is 3. The molecule has 1 aromatic heterocycles. The van der Waals surface area contributed by atoms with Crippen molar-refractivity contribution < 1.29 is 27.4 Å². The van der Waals surface area contributed by atoms with E-state index in [-0.39, 0.29) is 41.1 Å². The lowest BCUT2D eigenvalue weighted by Gasteiger charge is -2.09. The van der Waals surface area contributed by atoms with Crippen LogP contribution < -0.4 is 26.9 Å². The van der Waals surface area contributed by atoms with E-state index in [4.69, 9.17) is 0 Å². The molecule has 3 amide bonds. The minimum atomic E-state index is -4.38. The van der Waals surface area contributed by atoms with Gasteiger partial charge in [-0.25, -0.2) is 4.98 Å². The lowest BCUT2D eigenvalue weighted by molar-refractivity contribution is -0.128. The third-order valence-corrected chi connectivity index (χ3v) is 6.08. The molecule has 1 heterocycles.